The number of carboxylic acids is 1. The van der Waals surface area contributed by atoms with Gasteiger partial charge in [-0.15, -0.1) is 11.3 Å². The van der Waals surface area contributed by atoms with Gasteiger partial charge in [0.15, 0.2) is 0 Å². The van der Waals surface area contributed by atoms with Crippen molar-refractivity contribution >= 4 is 27.4 Å². The van der Waals surface area contributed by atoms with E-state index in [-0.39, 0.29) is 5.56 Å². The van der Waals surface area contributed by atoms with Gasteiger partial charge < -0.3 is 5.11 Å². The summed E-state index contributed by atoms with van der Waals surface area (Å²) in [4.78, 5) is 16.5. The highest BCUT2D eigenvalue weighted by atomic mass is 32.1. The molecule has 1 N–H and O–H groups in total. The van der Waals surface area contributed by atoms with E-state index in [2.05, 4.69) is 4.98 Å². The summed E-state index contributed by atoms with van der Waals surface area (Å²) in [7, 11) is 0. The standard InChI is InChI=1S/C22H14F3NO2S/c23-22(24,25)16-5-1-3-13(9-16)10-17-11-14-4-2-6-18(20(14)29-17)19-12-15(21(27)28)7-8-26-19/h1-9,11-12H,10H2,(H,27,28). The molecule has 0 aliphatic heterocycles. The molecule has 0 atom stereocenters. The fourth-order valence-electron chi connectivity index (χ4n) is 3.17. The van der Waals surface area contributed by atoms with Crippen LogP contribution in [0.5, 0.6) is 0 Å². The number of carbonyl (C=O) groups is 1. The van der Waals surface area contributed by atoms with Gasteiger partial charge in [0.1, 0.15) is 0 Å². The van der Waals surface area contributed by atoms with E-state index in [1.54, 1.807) is 6.07 Å². The lowest BCUT2D eigenvalue weighted by Gasteiger charge is -2.08. The Morgan fingerprint density at radius 1 is 1.03 bits per heavy atom. The molecular formula is C22H14F3NO2S. The maximum absolute atomic E-state index is 13.0. The lowest BCUT2D eigenvalue weighted by Crippen LogP contribution is -2.05. The van der Waals surface area contributed by atoms with Gasteiger partial charge in [0.25, 0.3) is 0 Å². The van der Waals surface area contributed by atoms with Gasteiger partial charge in [-0.05, 0) is 35.2 Å². The minimum Gasteiger partial charge on any atom is -0.478 e. The van der Waals surface area contributed by atoms with Crippen LogP contribution >= 0.6 is 11.3 Å². The van der Waals surface area contributed by atoms with Crippen molar-refractivity contribution in [2.75, 3.05) is 0 Å². The maximum Gasteiger partial charge on any atom is 0.416 e. The average molecular weight is 413 g/mol. The predicted octanol–water partition coefficient (Wildman–Crippen LogP) is 6.27. The summed E-state index contributed by atoms with van der Waals surface area (Å²) in [5.41, 5.74) is 1.41. The largest absolute Gasteiger partial charge is 0.478 e. The number of fused-ring (bicyclic) bond motifs is 1. The Hall–Kier alpha value is -3.19. The van der Waals surface area contributed by atoms with Crippen molar-refractivity contribution in [3.63, 3.8) is 0 Å². The first kappa shape index (κ1) is 19.1. The summed E-state index contributed by atoms with van der Waals surface area (Å²) in [5.74, 6) is -1.03. The van der Waals surface area contributed by atoms with Crippen LogP contribution in [0.25, 0.3) is 21.3 Å². The molecule has 0 saturated carbocycles. The van der Waals surface area contributed by atoms with Crippen molar-refractivity contribution in [2.45, 2.75) is 12.6 Å². The molecule has 3 nitrogen and oxygen atoms in total. The monoisotopic (exact) mass is 413 g/mol. The van der Waals surface area contributed by atoms with Crippen molar-refractivity contribution in [3.05, 3.63) is 88.4 Å². The normalized spacial score (nSPS) is 11.7. The number of benzene rings is 2. The zero-order valence-electron chi connectivity index (χ0n) is 14.9. The first-order chi connectivity index (χ1) is 13.8. The third kappa shape index (κ3) is 4.00. The zero-order chi connectivity index (χ0) is 20.6. The topological polar surface area (TPSA) is 50.2 Å². The third-order valence-electron chi connectivity index (χ3n) is 4.51. The molecule has 0 unspecified atom stereocenters. The van der Waals surface area contributed by atoms with Gasteiger partial charge in [-0.1, -0.05) is 36.4 Å². The summed E-state index contributed by atoms with van der Waals surface area (Å²) < 4.78 is 39.8. The molecule has 0 radical (unpaired) electrons. The second-order valence-electron chi connectivity index (χ2n) is 6.55. The molecule has 0 amide bonds. The summed E-state index contributed by atoms with van der Waals surface area (Å²) in [6, 6.07) is 15.9. The quantitative estimate of drug-likeness (QED) is 0.429. The summed E-state index contributed by atoms with van der Waals surface area (Å²) in [6.45, 7) is 0. The molecule has 7 heteroatoms. The molecule has 0 aliphatic rings. The van der Waals surface area contributed by atoms with E-state index in [1.807, 2.05) is 24.3 Å². The number of thiophene rings is 1. The van der Waals surface area contributed by atoms with E-state index in [4.69, 9.17) is 0 Å². The van der Waals surface area contributed by atoms with Gasteiger partial charge in [0.05, 0.1) is 16.8 Å². The van der Waals surface area contributed by atoms with E-state index >= 15 is 0 Å². The maximum atomic E-state index is 13.0. The minimum absolute atomic E-state index is 0.146. The van der Waals surface area contributed by atoms with E-state index < -0.39 is 17.7 Å². The first-order valence-electron chi connectivity index (χ1n) is 8.68. The zero-order valence-corrected chi connectivity index (χ0v) is 15.7. The number of rotatable bonds is 4. The molecule has 2 aromatic heterocycles. The smallest absolute Gasteiger partial charge is 0.416 e. The Morgan fingerprint density at radius 3 is 2.59 bits per heavy atom. The van der Waals surface area contributed by atoms with E-state index in [1.165, 1.54) is 41.8 Å². The molecule has 0 aliphatic carbocycles. The van der Waals surface area contributed by atoms with Crippen LogP contribution in [0, 0.1) is 0 Å². The number of hydrogen-bond acceptors (Lipinski definition) is 3. The molecule has 4 rings (SSSR count). The molecule has 0 bridgehead atoms. The predicted molar refractivity (Wildman–Crippen MR) is 106 cm³/mol. The number of aromatic carboxylic acids is 1. The molecular weight excluding hydrogens is 399 g/mol. The Kier molecular flexibility index (Phi) is 4.84. The Morgan fingerprint density at radius 2 is 1.83 bits per heavy atom. The second kappa shape index (κ2) is 7.33. The number of nitrogens with zero attached hydrogens (tertiary/aromatic N) is 1. The van der Waals surface area contributed by atoms with Crippen molar-refractivity contribution in [3.8, 4) is 11.3 Å². The lowest BCUT2D eigenvalue weighted by molar-refractivity contribution is -0.137. The van der Waals surface area contributed by atoms with Gasteiger partial charge in [-0.3, -0.25) is 4.98 Å². The second-order valence-corrected chi connectivity index (χ2v) is 7.68. The molecule has 29 heavy (non-hydrogen) atoms. The van der Waals surface area contributed by atoms with Crippen LogP contribution in [0.4, 0.5) is 13.2 Å². The highest BCUT2D eigenvalue weighted by Crippen LogP contribution is 2.36. The van der Waals surface area contributed by atoms with Crippen LogP contribution in [0.1, 0.15) is 26.4 Å². The van der Waals surface area contributed by atoms with Crippen LogP contribution in [-0.2, 0) is 12.6 Å². The van der Waals surface area contributed by atoms with Crippen LogP contribution < -0.4 is 0 Å². The number of alkyl halides is 3. The highest BCUT2D eigenvalue weighted by Gasteiger charge is 2.30. The Bertz CT molecular complexity index is 1210. The lowest BCUT2D eigenvalue weighted by atomic mass is 10.1. The molecule has 0 saturated heterocycles. The highest BCUT2D eigenvalue weighted by molar-refractivity contribution is 7.19. The van der Waals surface area contributed by atoms with Gasteiger partial charge in [-0.25, -0.2) is 4.79 Å². The summed E-state index contributed by atoms with van der Waals surface area (Å²) in [5, 5.41) is 10.2. The minimum atomic E-state index is -4.37. The average Bonchev–Trinajstić information content (AvgIpc) is 3.10. The van der Waals surface area contributed by atoms with Gasteiger partial charge in [0.2, 0.25) is 0 Å². The molecule has 2 aromatic carbocycles. The van der Waals surface area contributed by atoms with Crippen molar-refractivity contribution in [2.24, 2.45) is 0 Å². The first-order valence-corrected chi connectivity index (χ1v) is 9.50. The molecule has 4 aromatic rings. The number of pyridine rings is 1. The summed E-state index contributed by atoms with van der Waals surface area (Å²) >= 11 is 1.47. The molecule has 0 spiro atoms. The van der Waals surface area contributed by atoms with E-state index in [0.29, 0.717) is 17.7 Å². The Balaban J connectivity index is 1.72. The Labute approximate surface area is 168 Å². The van der Waals surface area contributed by atoms with E-state index in [9.17, 15) is 23.1 Å². The van der Waals surface area contributed by atoms with E-state index in [0.717, 1.165) is 26.6 Å². The number of carboxylic acid groups (broad SMARTS) is 1. The number of halogens is 3. The van der Waals surface area contributed by atoms with Gasteiger partial charge >= 0.3 is 12.1 Å². The molecule has 146 valence electrons. The van der Waals surface area contributed by atoms with Crippen LogP contribution in [0.3, 0.4) is 0 Å². The van der Waals surface area contributed by atoms with Crippen LogP contribution in [-0.4, -0.2) is 16.1 Å². The van der Waals surface area contributed by atoms with Crippen molar-refractivity contribution in [1.82, 2.24) is 4.98 Å². The summed E-state index contributed by atoms with van der Waals surface area (Å²) in [6.07, 6.45) is -2.54. The third-order valence-corrected chi connectivity index (χ3v) is 5.69. The number of aromatic nitrogens is 1. The molecule has 2 heterocycles. The SMILES string of the molecule is O=C(O)c1ccnc(-c2cccc3cc(Cc4cccc(C(F)(F)F)c4)sc23)c1. The van der Waals surface area contributed by atoms with Crippen molar-refractivity contribution < 1.29 is 23.1 Å². The fourth-order valence-corrected chi connectivity index (χ4v) is 4.39. The van der Waals surface area contributed by atoms with Crippen LogP contribution in [0.15, 0.2) is 66.9 Å². The fraction of sp³-hybridized carbons (Fsp3) is 0.0909. The molecule has 0 fully saturated rings. The van der Waals surface area contributed by atoms with Crippen LogP contribution in [0.2, 0.25) is 0 Å². The van der Waals surface area contributed by atoms with Crippen molar-refractivity contribution in [1.29, 1.82) is 0 Å². The van der Waals surface area contributed by atoms with Gasteiger partial charge in [0, 0.05) is 27.8 Å². The number of hydrogen-bond donors (Lipinski definition) is 1. The van der Waals surface area contributed by atoms with Gasteiger partial charge in [-0.2, -0.15) is 13.2 Å².